The molecule has 0 saturated heterocycles. The van der Waals surface area contributed by atoms with Crippen LogP contribution in [0.15, 0.2) is 18.2 Å². The van der Waals surface area contributed by atoms with Crippen LogP contribution in [0.3, 0.4) is 0 Å². The fourth-order valence-electron chi connectivity index (χ4n) is 2.23. The van der Waals surface area contributed by atoms with Crippen LogP contribution in [0.2, 0.25) is 5.02 Å². The van der Waals surface area contributed by atoms with Gasteiger partial charge in [0.25, 0.3) is 0 Å². The van der Waals surface area contributed by atoms with E-state index in [1.165, 1.54) is 26.2 Å². The van der Waals surface area contributed by atoms with Gasteiger partial charge in [-0.3, -0.25) is 9.59 Å². The van der Waals surface area contributed by atoms with Crippen molar-refractivity contribution in [2.75, 3.05) is 18.6 Å². The number of sulfone groups is 1. The highest BCUT2D eigenvalue weighted by molar-refractivity contribution is 7.91. The molecule has 10 heteroatoms. The Bertz CT molecular complexity index is 807. The number of Topliss-reactive ketones (excluding diaryl/α,β-unsaturated/α-hetero) is 1. The Balaban J connectivity index is 2.66. The van der Waals surface area contributed by atoms with E-state index in [-0.39, 0.29) is 42.1 Å². The number of methoxy groups -OCH3 is 1. The number of carboxylic acids is 1. The number of halogens is 1. The molecular formula is C17H22ClNO7S. The predicted octanol–water partition coefficient (Wildman–Crippen LogP) is 1.71. The number of carbonyl (C=O) groups is 3. The van der Waals surface area contributed by atoms with E-state index in [1.54, 1.807) is 6.07 Å². The maximum Gasteiger partial charge on any atom is 0.326 e. The average Bonchev–Trinajstić information content (AvgIpc) is 2.62. The molecule has 27 heavy (non-hydrogen) atoms. The van der Waals surface area contributed by atoms with Gasteiger partial charge in [-0.05, 0) is 24.6 Å². The molecule has 0 aliphatic carbocycles. The molecule has 1 amide bonds. The van der Waals surface area contributed by atoms with E-state index in [4.69, 9.17) is 21.4 Å². The topological polar surface area (TPSA) is 127 Å². The molecule has 1 rings (SSSR count). The lowest BCUT2D eigenvalue weighted by Gasteiger charge is -2.14. The quantitative estimate of drug-likeness (QED) is 0.522. The molecule has 0 aromatic heterocycles. The van der Waals surface area contributed by atoms with Gasteiger partial charge in [-0.15, -0.1) is 0 Å². The zero-order chi connectivity index (χ0) is 20.6. The number of carboxylic acid groups (broad SMARTS) is 1. The van der Waals surface area contributed by atoms with Gasteiger partial charge in [0.05, 0.1) is 18.4 Å². The van der Waals surface area contributed by atoms with Gasteiger partial charge in [0.15, 0.2) is 5.78 Å². The van der Waals surface area contributed by atoms with Crippen LogP contribution in [-0.2, 0) is 19.4 Å². The SMILES string of the molecule is CCS(=O)(=O)CCC(NC(=O)CCC(=O)c1cc(Cl)ccc1OC)C(=O)O. The first-order chi connectivity index (χ1) is 12.6. The van der Waals surface area contributed by atoms with Crippen molar-refractivity contribution in [2.24, 2.45) is 0 Å². The summed E-state index contributed by atoms with van der Waals surface area (Å²) in [6.07, 6.45) is -0.672. The summed E-state index contributed by atoms with van der Waals surface area (Å²) in [5.74, 6) is -2.52. The van der Waals surface area contributed by atoms with Gasteiger partial charge < -0.3 is 15.2 Å². The van der Waals surface area contributed by atoms with E-state index in [2.05, 4.69) is 5.32 Å². The molecule has 150 valence electrons. The lowest BCUT2D eigenvalue weighted by atomic mass is 10.0. The van der Waals surface area contributed by atoms with E-state index >= 15 is 0 Å². The van der Waals surface area contributed by atoms with E-state index in [9.17, 15) is 22.8 Å². The van der Waals surface area contributed by atoms with E-state index in [0.29, 0.717) is 10.8 Å². The van der Waals surface area contributed by atoms with Crippen LogP contribution < -0.4 is 10.1 Å². The number of amides is 1. The number of nitrogens with one attached hydrogen (secondary N) is 1. The lowest BCUT2D eigenvalue weighted by molar-refractivity contribution is -0.141. The molecule has 0 heterocycles. The van der Waals surface area contributed by atoms with Crippen LogP contribution in [0.4, 0.5) is 0 Å². The number of carbonyl (C=O) groups excluding carboxylic acids is 2. The van der Waals surface area contributed by atoms with Crippen LogP contribution >= 0.6 is 11.6 Å². The van der Waals surface area contributed by atoms with Crippen molar-refractivity contribution < 1.29 is 32.6 Å². The summed E-state index contributed by atoms with van der Waals surface area (Å²) in [4.78, 5) is 35.5. The van der Waals surface area contributed by atoms with Crippen molar-refractivity contribution in [1.29, 1.82) is 0 Å². The molecule has 1 atom stereocenters. The Morgan fingerprint density at radius 3 is 2.48 bits per heavy atom. The van der Waals surface area contributed by atoms with Crippen molar-refractivity contribution >= 4 is 39.1 Å². The normalized spacial score (nSPS) is 12.3. The Morgan fingerprint density at radius 1 is 1.26 bits per heavy atom. The third-order valence-corrected chi connectivity index (χ3v) is 5.80. The molecule has 0 saturated carbocycles. The lowest BCUT2D eigenvalue weighted by Crippen LogP contribution is -2.42. The highest BCUT2D eigenvalue weighted by Crippen LogP contribution is 2.24. The third kappa shape index (κ3) is 7.56. The second-order valence-corrected chi connectivity index (χ2v) is 8.66. The number of ketones is 1. The molecule has 0 spiro atoms. The van der Waals surface area contributed by atoms with Gasteiger partial charge in [0, 0.05) is 23.6 Å². The Hall–Kier alpha value is -2.13. The Kier molecular flexibility index (Phi) is 8.71. The van der Waals surface area contributed by atoms with Crippen molar-refractivity contribution in [2.45, 2.75) is 32.2 Å². The molecule has 8 nitrogen and oxygen atoms in total. The Labute approximate surface area is 162 Å². The van der Waals surface area contributed by atoms with E-state index in [1.807, 2.05) is 0 Å². The van der Waals surface area contributed by atoms with Crippen molar-refractivity contribution in [3.05, 3.63) is 28.8 Å². The van der Waals surface area contributed by atoms with Crippen LogP contribution in [0.5, 0.6) is 5.75 Å². The average molecular weight is 420 g/mol. The Morgan fingerprint density at radius 2 is 1.93 bits per heavy atom. The molecule has 0 aliphatic rings. The highest BCUT2D eigenvalue weighted by Gasteiger charge is 2.23. The number of benzene rings is 1. The van der Waals surface area contributed by atoms with Crippen LogP contribution in [0.25, 0.3) is 0 Å². The number of aliphatic carboxylic acids is 1. The molecule has 0 aliphatic heterocycles. The van der Waals surface area contributed by atoms with Gasteiger partial charge in [0.1, 0.15) is 21.6 Å². The van der Waals surface area contributed by atoms with Gasteiger partial charge in [0.2, 0.25) is 5.91 Å². The van der Waals surface area contributed by atoms with Crippen LogP contribution in [0.1, 0.15) is 36.5 Å². The van der Waals surface area contributed by atoms with Crippen molar-refractivity contribution in [1.82, 2.24) is 5.32 Å². The zero-order valence-electron chi connectivity index (χ0n) is 15.0. The third-order valence-electron chi connectivity index (χ3n) is 3.83. The summed E-state index contributed by atoms with van der Waals surface area (Å²) >= 11 is 5.87. The van der Waals surface area contributed by atoms with Gasteiger partial charge in [-0.25, -0.2) is 13.2 Å². The number of rotatable bonds is 11. The number of hydrogen-bond acceptors (Lipinski definition) is 6. The van der Waals surface area contributed by atoms with Crippen molar-refractivity contribution in [3.8, 4) is 5.75 Å². The molecule has 1 unspecified atom stereocenters. The molecule has 0 bridgehead atoms. The van der Waals surface area contributed by atoms with Crippen LogP contribution in [-0.4, -0.2) is 55.8 Å². The van der Waals surface area contributed by atoms with E-state index < -0.39 is 27.8 Å². The smallest absolute Gasteiger partial charge is 0.326 e. The number of hydrogen-bond donors (Lipinski definition) is 2. The molecular weight excluding hydrogens is 398 g/mol. The summed E-state index contributed by atoms with van der Waals surface area (Å²) in [5, 5.41) is 11.7. The molecule has 0 radical (unpaired) electrons. The fraction of sp³-hybridized carbons (Fsp3) is 0.471. The predicted molar refractivity (Wildman–Crippen MR) is 100 cm³/mol. The molecule has 2 N–H and O–H groups in total. The summed E-state index contributed by atoms with van der Waals surface area (Å²) in [7, 11) is -1.96. The molecule has 0 fully saturated rings. The van der Waals surface area contributed by atoms with Crippen LogP contribution in [0, 0.1) is 0 Å². The molecule has 1 aromatic rings. The standard InChI is InChI=1S/C17H22ClNO7S/c1-3-27(24,25)9-8-13(17(22)23)19-16(21)7-5-14(20)12-10-11(18)4-6-15(12)26-2/h4,6,10,13H,3,5,7-9H2,1-2H3,(H,19,21)(H,22,23). The first kappa shape index (κ1) is 22.9. The monoisotopic (exact) mass is 419 g/mol. The zero-order valence-corrected chi connectivity index (χ0v) is 16.6. The maximum atomic E-state index is 12.3. The molecule has 1 aromatic carbocycles. The minimum absolute atomic E-state index is 0.108. The first-order valence-electron chi connectivity index (χ1n) is 8.19. The summed E-state index contributed by atoms with van der Waals surface area (Å²) in [6.45, 7) is 1.46. The summed E-state index contributed by atoms with van der Waals surface area (Å²) < 4.78 is 28.1. The van der Waals surface area contributed by atoms with Crippen molar-refractivity contribution in [3.63, 3.8) is 0 Å². The second kappa shape index (κ2) is 10.3. The summed E-state index contributed by atoms with van der Waals surface area (Å²) in [6, 6.07) is 3.18. The minimum Gasteiger partial charge on any atom is -0.496 e. The van der Waals surface area contributed by atoms with Gasteiger partial charge in [-0.2, -0.15) is 0 Å². The van der Waals surface area contributed by atoms with Gasteiger partial charge in [-0.1, -0.05) is 18.5 Å². The first-order valence-corrected chi connectivity index (χ1v) is 10.4. The largest absolute Gasteiger partial charge is 0.496 e. The number of ether oxygens (including phenoxy) is 1. The van der Waals surface area contributed by atoms with E-state index in [0.717, 1.165) is 0 Å². The second-order valence-electron chi connectivity index (χ2n) is 5.75. The minimum atomic E-state index is -3.35. The maximum absolute atomic E-state index is 12.3. The summed E-state index contributed by atoms with van der Waals surface area (Å²) in [5.41, 5.74) is 0.224. The highest BCUT2D eigenvalue weighted by atomic mass is 35.5. The fourth-order valence-corrected chi connectivity index (χ4v) is 3.28. The van der Waals surface area contributed by atoms with Gasteiger partial charge >= 0.3 is 5.97 Å².